The number of imide groups is 1. The fourth-order valence-electron chi connectivity index (χ4n) is 0.946. The summed E-state index contributed by atoms with van der Waals surface area (Å²) in [6, 6.07) is -0.641. The van der Waals surface area contributed by atoms with Crippen LogP contribution in [-0.2, 0) is 9.59 Å². The summed E-state index contributed by atoms with van der Waals surface area (Å²) in [6.45, 7) is 0. The Morgan fingerprint density at radius 3 is 2.73 bits per heavy atom. The summed E-state index contributed by atoms with van der Waals surface area (Å²) in [5, 5.41) is 10.4. The van der Waals surface area contributed by atoms with E-state index in [-0.39, 0.29) is 18.2 Å². The molecule has 0 bridgehead atoms. The van der Waals surface area contributed by atoms with Crippen molar-refractivity contribution in [2.45, 2.75) is 12.5 Å². The minimum atomic E-state index is -0.641. The van der Waals surface area contributed by atoms with Crippen LogP contribution in [0.1, 0.15) is 6.42 Å². The molecule has 5 nitrogen and oxygen atoms in total. The molecule has 1 N–H and O–H groups in total. The lowest BCUT2D eigenvalue weighted by atomic mass is 10.2. The molecular weight excluding hydrogens is 146 g/mol. The van der Waals surface area contributed by atoms with Crippen molar-refractivity contribution in [3.8, 4) is 6.19 Å². The lowest BCUT2D eigenvalue weighted by Gasteiger charge is -2.05. The van der Waals surface area contributed by atoms with Crippen LogP contribution in [0.4, 0.5) is 0 Å². The summed E-state index contributed by atoms with van der Waals surface area (Å²) >= 11 is 0. The first-order valence-electron chi connectivity index (χ1n) is 3.12. The minimum Gasteiger partial charge on any atom is -0.311 e. The van der Waals surface area contributed by atoms with Gasteiger partial charge in [-0.15, -0.1) is 0 Å². The first-order valence-corrected chi connectivity index (χ1v) is 3.12. The van der Waals surface area contributed by atoms with E-state index in [4.69, 9.17) is 5.26 Å². The number of rotatable bonds is 1. The molecule has 11 heavy (non-hydrogen) atoms. The first-order chi connectivity index (χ1) is 5.16. The molecule has 0 aromatic rings. The van der Waals surface area contributed by atoms with Gasteiger partial charge in [0.15, 0.2) is 6.19 Å². The average Bonchev–Trinajstić information content (AvgIpc) is 2.19. The number of nitrogens with one attached hydrogen (secondary N) is 1. The number of amides is 2. The van der Waals surface area contributed by atoms with Gasteiger partial charge in [-0.1, -0.05) is 0 Å². The van der Waals surface area contributed by atoms with Gasteiger partial charge in [-0.3, -0.25) is 14.5 Å². The van der Waals surface area contributed by atoms with Crippen molar-refractivity contribution in [1.82, 2.24) is 10.2 Å². The van der Waals surface area contributed by atoms with Crippen molar-refractivity contribution in [2.75, 3.05) is 7.05 Å². The molecule has 0 aliphatic carbocycles. The molecular formula is C6H7N3O2. The third-order valence-corrected chi connectivity index (χ3v) is 1.62. The van der Waals surface area contributed by atoms with Gasteiger partial charge in [0.25, 0.3) is 5.91 Å². The number of likely N-dealkylation sites (N-methyl/N-ethyl adjacent to an activating group) is 1. The SMILES string of the molecule is CN1C(=O)CC(NC#N)C1=O. The second kappa shape index (κ2) is 2.58. The summed E-state index contributed by atoms with van der Waals surface area (Å²) in [5.41, 5.74) is 0. The van der Waals surface area contributed by atoms with Crippen molar-refractivity contribution in [2.24, 2.45) is 0 Å². The van der Waals surface area contributed by atoms with E-state index in [1.165, 1.54) is 7.05 Å². The van der Waals surface area contributed by atoms with E-state index in [9.17, 15) is 9.59 Å². The predicted molar refractivity (Wildman–Crippen MR) is 34.9 cm³/mol. The number of carbonyl (C=O) groups is 2. The molecule has 0 saturated carbocycles. The lowest BCUT2D eigenvalue weighted by molar-refractivity contribution is -0.137. The van der Waals surface area contributed by atoms with E-state index in [1.807, 2.05) is 0 Å². The van der Waals surface area contributed by atoms with E-state index >= 15 is 0 Å². The van der Waals surface area contributed by atoms with Gasteiger partial charge >= 0.3 is 0 Å². The Morgan fingerprint density at radius 1 is 1.73 bits per heavy atom. The van der Waals surface area contributed by atoms with E-state index in [2.05, 4.69) is 5.32 Å². The van der Waals surface area contributed by atoms with E-state index in [0.717, 1.165) is 4.90 Å². The Morgan fingerprint density at radius 2 is 2.36 bits per heavy atom. The van der Waals surface area contributed by atoms with E-state index in [1.54, 1.807) is 6.19 Å². The molecule has 0 aromatic heterocycles. The molecule has 0 aromatic carbocycles. The van der Waals surface area contributed by atoms with E-state index in [0.29, 0.717) is 0 Å². The van der Waals surface area contributed by atoms with E-state index < -0.39 is 6.04 Å². The van der Waals surface area contributed by atoms with Gasteiger partial charge in [-0.25, -0.2) is 0 Å². The van der Waals surface area contributed by atoms with Gasteiger partial charge in [0.2, 0.25) is 5.91 Å². The Labute approximate surface area is 63.6 Å². The summed E-state index contributed by atoms with van der Waals surface area (Å²) in [6.07, 6.45) is 1.72. The van der Waals surface area contributed by atoms with Crippen LogP contribution in [0, 0.1) is 11.5 Å². The topological polar surface area (TPSA) is 73.2 Å². The second-order valence-electron chi connectivity index (χ2n) is 2.30. The molecule has 5 heteroatoms. The average molecular weight is 153 g/mol. The monoisotopic (exact) mass is 153 g/mol. The summed E-state index contributed by atoms with van der Waals surface area (Å²) in [4.78, 5) is 22.8. The molecule has 58 valence electrons. The Bertz CT molecular complexity index is 243. The van der Waals surface area contributed by atoms with Gasteiger partial charge < -0.3 is 5.32 Å². The maximum absolute atomic E-state index is 11.0. The van der Waals surface area contributed by atoms with Crippen molar-refractivity contribution in [1.29, 1.82) is 5.26 Å². The molecule has 1 aliphatic rings. The molecule has 0 spiro atoms. The normalized spacial score (nSPS) is 23.6. The number of hydrogen-bond donors (Lipinski definition) is 1. The Balaban J connectivity index is 2.69. The molecule has 1 heterocycles. The lowest BCUT2D eigenvalue weighted by Crippen LogP contribution is -2.34. The molecule has 1 fully saturated rings. The minimum absolute atomic E-state index is 0.0862. The highest BCUT2D eigenvalue weighted by molar-refractivity contribution is 6.05. The van der Waals surface area contributed by atoms with Gasteiger partial charge in [0.1, 0.15) is 6.04 Å². The highest BCUT2D eigenvalue weighted by atomic mass is 16.2. The molecule has 1 atom stereocenters. The van der Waals surface area contributed by atoms with Crippen molar-refractivity contribution < 1.29 is 9.59 Å². The van der Waals surface area contributed by atoms with Crippen LogP contribution in [0.15, 0.2) is 0 Å². The van der Waals surface area contributed by atoms with Crippen LogP contribution in [0.25, 0.3) is 0 Å². The zero-order chi connectivity index (χ0) is 8.43. The maximum Gasteiger partial charge on any atom is 0.252 e. The fourth-order valence-corrected chi connectivity index (χ4v) is 0.946. The van der Waals surface area contributed by atoms with Crippen LogP contribution < -0.4 is 5.32 Å². The third-order valence-electron chi connectivity index (χ3n) is 1.62. The number of carbonyl (C=O) groups excluding carboxylic acids is 2. The quantitative estimate of drug-likeness (QED) is 0.292. The summed E-state index contributed by atoms with van der Waals surface area (Å²) in [7, 11) is 1.41. The van der Waals surface area contributed by atoms with Crippen LogP contribution in [0.5, 0.6) is 0 Å². The number of nitrogens with zero attached hydrogens (tertiary/aromatic N) is 2. The highest BCUT2D eigenvalue weighted by Crippen LogP contribution is 2.09. The second-order valence-corrected chi connectivity index (χ2v) is 2.30. The largest absolute Gasteiger partial charge is 0.311 e. The molecule has 2 amide bonds. The van der Waals surface area contributed by atoms with Gasteiger partial charge in [0, 0.05) is 7.05 Å². The Kier molecular flexibility index (Phi) is 1.77. The standard InChI is InChI=1S/C6H7N3O2/c1-9-5(10)2-4(6(9)11)8-3-7/h4,8H,2H2,1H3. The number of nitriles is 1. The predicted octanol–water partition coefficient (Wildman–Crippen LogP) is -1.19. The summed E-state index contributed by atoms with van der Waals surface area (Å²) < 4.78 is 0. The Hall–Kier alpha value is -1.57. The smallest absolute Gasteiger partial charge is 0.252 e. The molecule has 1 rings (SSSR count). The molecule has 0 radical (unpaired) electrons. The van der Waals surface area contributed by atoms with Crippen LogP contribution in [0.3, 0.4) is 0 Å². The van der Waals surface area contributed by atoms with Gasteiger partial charge in [-0.05, 0) is 0 Å². The number of likely N-dealkylation sites (tertiary alicyclic amines) is 1. The number of hydrogen-bond acceptors (Lipinski definition) is 4. The first kappa shape index (κ1) is 7.54. The zero-order valence-corrected chi connectivity index (χ0v) is 6.00. The van der Waals surface area contributed by atoms with Crippen molar-refractivity contribution >= 4 is 11.8 Å². The van der Waals surface area contributed by atoms with Crippen LogP contribution >= 0.6 is 0 Å². The third kappa shape index (κ3) is 1.15. The molecule has 1 unspecified atom stereocenters. The highest BCUT2D eigenvalue weighted by Gasteiger charge is 2.35. The van der Waals surface area contributed by atoms with Crippen molar-refractivity contribution in [3.63, 3.8) is 0 Å². The summed E-state index contributed by atoms with van der Waals surface area (Å²) in [5.74, 6) is -0.584. The van der Waals surface area contributed by atoms with Gasteiger partial charge in [0.05, 0.1) is 6.42 Å². The molecule has 1 saturated heterocycles. The fraction of sp³-hybridized carbons (Fsp3) is 0.500. The van der Waals surface area contributed by atoms with Crippen LogP contribution in [-0.4, -0.2) is 29.8 Å². The van der Waals surface area contributed by atoms with Crippen molar-refractivity contribution in [3.05, 3.63) is 0 Å². The van der Waals surface area contributed by atoms with Gasteiger partial charge in [-0.2, -0.15) is 5.26 Å². The zero-order valence-electron chi connectivity index (χ0n) is 6.00. The maximum atomic E-state index is 11.0. The van der Waals surface area contributed by atoms with Crippen LogP contribution in [0.2, 0.25) is 0 Å². The molecule has 1 aliphatic heterocycles.